The normalized spacial score (nSPS) is 22.8. The number of ether oxygens (including phenoxy) is 2. The van der Waals surface area contributed by atoms with Gasteiger partial charge < -0.3 is 13.9 Å². The largest absolute Gasteiger partial charge is 0.414 e. The maximum Gasteiger partial charge on any atom is 0.192 e. The fourth-order valence-corrected chi connectivity index (χ4v) is 4.25. The van der Waals surface area contributed by atoms with Crippen LogP contribution in [0.1, 0.15) is 65.7 Å². The van der Waals surface area contributed by atoms with Crippen LogP contribution in [-0.4, -0.2) is 52.4 Å². The second-order valence-corrected chi connectivity index (χ2v) is 14.2. The smallest absolute Gasteiger partial charge is 0.192 e. The van der Waals surface area contributed by atoms with Crippen LogP contribution >= 0.6 is 0 Å². The van der Waals surface area contributed by atoms with Crippen molar-refractivity contribution in [3.05, 3.63) is 24.3 Å². The average Bonchev–Trinajstić information content (AvgIpc) is 2.64. The van der Waals surface area contributed by atoms with Gasteiger partial charge >= 0.3 is 0 Å². The maximum atomic E-state index is 12.1. The van der Waals surface area contributed by atoms with Crippen molar-refractivity contribution in [3.63, 3.8) is 0 Å². The van der Waals surface area contributed by atoms with Crippen molar-refractivity contribution < 1.29 is 23.5 Å². The summed E-state index contributed by atoms with van der Waals surface area (Å²) in [6.45, 7) is 13.4. The molecule has 0 saturated heterocycles. The van der Waals surface area contributed by atoms with Crippen LogP contribution in [0.3, 0.4) is 0 Å². The van der Waals surface area contributed by atoms with Gasteiger partial charge in [0.2, 0.25) is 0 Å². The first-order chi connectivity index (χ1) is 14.1. The molecule has 0 amide bonds. The van der Waals surface area contributed by atoms with Crippen molar-refractivity contribution >= 4 is 19.9 Å². The van der Waals surface area contributed by atoms with Gasteiger partial charge in [-0.1, -0.05) is 32.9 Å². The summed E-state index contributed by atoms with van der Waals surface area (Å²) in [5, 5.41) is 0.129. The van der Waals surface area contributed by atoms with Crippen LogP contribution in [0.15, 0.2) is 24.3 Å². The number of hydrogen-bond donors (Lipinski definition) is 0. The molecule has 5 nitrogen and oxygen atoms in total. The molecule has 0 spiro atoms. The van der Waals surface area contributed by atoms with E-state index in [0.717, 1.165) is 19.3 Å². The fraction of sp³-hybridized carbons (Fsp3) is 0.750. The number of carbonyl (C=O) groups is 2. The lowest BCUT2D eigenvalue weighted by molar-refractivity contribution is -0.115. The molecule has 1 aliphatic rings. The molecular weight excluding hydrogens is 396 g/mol. The van der Waals surface area contributed by atoms with Gasteiger partial charge in [0.1, 0.15) is 0 Å². The van der Waals surface area contributed by atoms with Crippen molar-refractivity contribution in [2.45, 2.75) is 90.0 Å². The van der Waals surface area contributed by atoms with Gasteiger partial charge in [-0.2, -0.15) is 0 Å². The molecule has 30 heavy (non-hydrogen) atoms. The molecule has 1 heterocycles. The number of rotatable bonds is 2. The Morgan fingerprint density at radius 2 is 1.43 bits per heavy atom. The van der Waals surface area contributed by atoms with Gasteiger partial charge in [-0.05, 0) is 62.4 Å². The van der Waals surface area contributed by atoms with Gasteiger partial charge in [0, 0.05) is 32.2 Å². The Morgan fingerprint density at radius 1 is 0.900 bits per heavy atom. The van der Waals surface area contributed by atoms with E-state index in [1.807, 2.05) is 12.2 Å². The van der Waals surface area contributed by atoms with Crippen molar-refractivity contribution in [1.82, 2.24) is 0 Å². The van der Waals surface area contributed by atoms with E-state index in [1.165, 1.54) is 0 Å². The number of carbonyl (C=O) groups excluding carboxylic acids is 2. The molecule has 0 radical (unpaired) electrons. The molecule has 1 atom stereocenters. The summed E-state index contributed by atoms with van der Waals surface area (Å²) in [4.78, 5) is 24.1. The Balaban J connectivity index is 2.74. The Labute approximate surface area is 184 Å². The van der Waals surface area contributed by atoms with Crippen LogP contribution in [0.25, 0.3) is 0 Å². The first-order valence-electron chi connectivity index (χ1n) is 11.3. The van der Waals surface area contributed by atoms with E-state index in [9.17, 15) is 9.59 Å². The van der Waals surface area contributed by atoms with Gasteiger partial charge in [0.25, 0.3) is 0 Å². The van der Waals surface area contributed by atoms with Crippen LogP contribution in [-0.2, 0) is 23.5 Å². The SMILES string of the molecule is CC(C)(C)[Si](C)(C)OC1CC=CC(=O)CCCOCCOCCCC(=O)C=CCC1. The maximum absolute atomic E-state index is 12.1. The average molecular weight is 439 g/mol. The quantitative estimate of drug-likeness (QED) is 0.540. The molecule has 0 aliphatic carbocycles. The molecule has 0 N–H and O–H groups in total. The number of ketones is 2. The molecule has 0 saturated carbocycles. The van der Waals surface area contributed by atoms with Crippen LogP contribution in [0, 0.1) is 0 Å². The molecule has 172 valence electrons. The lowest BCUT2D eigenvalue weighted by Gasteiger charge is -2.39. The predicted octanol–water partition coefficient (Wildman–Crippen LogP) is 5.40. The Kier molecular flexibility index (Phi) is 12.6. The fourth-order valence-electron chi connectivity index (χ4n) is 2.85. The van der Waals surface area contributed by atoms with Crippen molar-refractivity contribution in [2.24, 2.45) is 0 Å². The van der Waals surface area contributed by atoms with E-state index in [2.05, 4.69) is 33.9 Å². The summed E-state index contributed by atoms with van der Waals surface area (Å²) in [6, 6.07) is 0. The molecule has 0 fully saturated rings. The third-order valence-electron chi connectivity index (χ3n) is 5.72. The molecule has 6 heteroatoms. The van der Waals surface area contributed by atoms with Crippen LogP contribution < -0.4 is 0 Å². The van der Waals surface area contributed by atoms with Crippen LogP contribution in [0.5, 0.6) is 0 Å². The van der Waals surface area contributed by atoms with Gasteiger partial charge in [-0.3, -0.25) is 9.59 Å². The van der Waals surface area contributed by atoms with Gasteiger partial charge in [0.15, 0.2) is 19.9 Å². The van der Waals surface area contributed by atoms with Gasteiger partial charge in [0.05, 0.1) is 13.2 Å². The molecule has 1 aliphatic heterocycles. The first kappa shape index (κ1) is 27.0. The highest BCUT2D eigenvalue weighted by atomic mass is 28.4. The molecule has 0 aromatic rings. The van der Waals surface area contributed by atoms with Gasteiger partial charge in [-0.25, -0.2) is 0 Å². The van der Waals surface area contributed by atoms with Crippen molar-refractivity contribution in [1.29, 1.82) is 0 Å². The predicted molar refractivity (Wildman–Crippen MR) is 124 cm³/mol. The zero-order valence-corrected chi connectivity index (χ0v) is 20.7. The number of hydrogen-bond acceptors (Lipinski definition) is 5. The van der Waals surface area contributed by atoms with E-state index in [0.29, 0.717) is 52.1 Å². The molecule has 0 bridgehead atoms. The van der Waals surface area contributed by atoms with E-state index >= 15 is 0 Å². The molecule has 0 aromatic carbocycles. The third kappa shape index (κ3) is 11.9. The summed E-state index contributed by atoms with van der Waals surface area (Å²) in [5.74, 6) is 0.262. The number of allylic oxidation sites excluding steroid dienone is 3. The van der Waals surface area contributed by atoms with Gasteiger partial charge in [-0.15, -0.1) is 0 Å². The highest BCUT2D eigenvalue weighted by Crippen LogP contribution is 2.38. The second kappa shape index (κ2) is 14.1. The Morgan fingerprint density at radius 3 is 1.97 bits per heavy atom. The molecule has 1 rings (SSSR count). The van der Waals surface area contributed by atoms with Crippen LogP contribution in [0.2, 0.25) is 18.1 Å². The molecule has 1 unspecified atom stereocenters. The lowest BCUT2D eigenvalue weighted by atomic mass is 10.1. The minimum atomic E-state index is -1.91. The Hall–Kier alpha value is -1.08. The zero-order chi connectivity index (χ0) is 22.5. The summed E-state index contributed by atoms with van der Waals surface area (Å²) in [7, 11) is -1.91. The summed E-state index contributed by atoms with van der Waals surface area (Å²) in [5.41, 5.74) is 0. The highest BCUT2D eigenvalue weighted by Gasteiger charge is 2.38. The standard InChI is InChI=1S/C24H42O5Si/c1-24(2,3)30(4,5)29-23-15-7-6-11-21(25)13-9-17-27-19-20-28-18-10-14-22(26)12-8-16-23/h6,8,11-12,23H,7,9-10,13-20H2,1-5H3. The lowest BCUT2D eigenvalue weighted by Crippen LogP contribution is -2.43. The summed E-state index contributed by atoms with van der Waals surface area (Å²) in [6.07, 6.45) is 12.1. The van der Waals surface area contributed by atoms with E-state index in [1.54, 1.807) is 12.2 Å². The van der Waals surface area contributed by atoms with E-state index in [4.69, 9.17) is 13.9 Å². The third-order valence-corrected chi connectivity index (χ3v) is 10.3. The minimum Gasteiger partial charge on any atom is -0.414 e. The molecular formula is C24H42O5Si. The first-order valence-corrected chi connectivity index (χ1v) is 14.2. The summed E-state index contributed by atoms with van der Waals surface area (Å²) < 4.78 is 17.6. The highest BCUT2D eigenvalue weighted by molar-refractivity contribution is 6.74. The van der Waals surface area contributed by atoms with E-state index < -0.39 is 8.32 Å². The van der Waals surface area contributed by atoms with Crippen molar-refractivity contribution in [2.75, 3.05) is 26.4 Å². The second-order valence-electron chi connectivity index (χ2n) is 9.48. The van der Waals surface area contributed by atoms with Crippen LogP contribution in [0.4, 0.5) is 0 Å². The Bertz CT molecular complexity index is 575. The van der Waals surface area contributed by atoms with E-state index in [-0.39, 0.29) is 22.7 Å². The monoisotopic (exact) mass is 438 g/mol. The zero-order valence-electron chi connectivity index (χ0n) is 19.7. The topological polar surface area (TPSA) is 61.8 Å². The van der Waals surface area contributed by atoms with Crippen molar-refractivity contribution in [3.8, 4) is 0 Å². The minimum absolute atomic E-state index is 0.0528. The summed E-state index contributed by atoms with van der Waals surface area (Å²) >= 11 is 0. The molecule has 0 aromatic heterocycles.